The molecule has 0 bridgehead atoms. The summed E-state index contributed by atoms with van der Waals surface area (Å²) in [4.78, 5) is 26.0. The molecule has 4 rings (SSSR count). The van der Waals surface area contributed by atoms with Crippen LogP contribution in [-0.2, 0) is 11.3 Å². The van der Waals surface area contributed by atoms with Gasteiger partial charge in [-0.25, -0.2) is 4.68 Å². The van der Waals surface area contributed by atoms with Crippen LogP contribution in [0.25, 0.3) is 5.69 Å². The topological polar surface area (TPSA) is 56.5 Å². The Bertz CT molecular complexity index is 967. The molecule has 0 radical (unpaired) electrons. The van der Waals surface area contributed by atoms with Gasteiger partial charge in [-0.15, -0.1) is 0 Å². The smallest absolute Gasteiger partial charge is 0.282 e. The highest BCUT2D eigenvalue weighted by molar-refractivity contribution is 6.09. The third-order valence-corrected chi connectivity index (χ3v) is 4.44. The molecule has 1 aliphatic rings. The van der Waals surface area contributed by atoms with Crippen molar-refractivity contribution in [2.75, 3.05) is 6.61 Å². The normalized spacial score (nSPS) is 16.0. The summed E-state index contributed by atoms with van der Waals surface area (Å²) in [6, 6.07) is 18.3. The van der Waals surface area contributed by atoms with Crippen molar-refractivity contribution < 1.29 is 9.53 Å². The number of benzene rings is 2. The number of hydrogen-bond acceptors (Lipinski definition) is 3. The fourth-order valence-corrected chi connectivity index (χ4v) is 3.06. The van der Waals surface area contributed by atoms with Crippen molar-refractivity contribution in [3.63, 3.8) is 0 Å². The van der Waals surface area contributed by atoms with Gasteiger partial charge in [0.05, 0.1) is 18.8 Å². The van der Waals surface area contributed by atoms with E-state index >= 15 is 0 Å². The fraction of sp³-hybridized carbons (Fsp3) is 0.200. The molecule has 1 aliphatic heterocycles. The van der Waals surface area contributed by atoms with Crippen LogP contribution in [0.3, 0.4) is 0 Å². The van der Waals surface area contributed by atoms with E-state index in [2.05, 4.69) is 0 Å². The van der Waals surface area contributed by atoms with Crippen molar-refractivity contribution in [3.05, 3.63) is 87.8 Å². The monoisotopic (exact) mass is 334 g/mol. The van der Waals surface area contributed by atoms with Gasteiger partial charge in [0.2, 0.25) is 0 Å². The SMILES string of the molecule is Cc1c(C(=O)c2ccccc2)c(=O)n(-c2ccccc2)n1CC1CO1. The molecule has 5 nitrogen and oxygen atoms in total. The second-order valence-electron chi connectivity index (χ2n) is 6.15. The third-order valence-electron chi connectivity index (χ3n) is 4.44. The Hall–Kier alpha value is -2.92. The maximum Gasteiger partial charge on any atom is 0.282 e. The van der Waals surface area contributed by atoms with E-state index in [0.29, 0.717) is 24.4 Å². The van der Waals surface area contributed by atoms with Gasteiger partial charge in [-0.05, 0) is 19.1 Å². The van der Waals surface area contributed by atoms with Crippen LogP contribution in [0.5, 0.6) is 0 Å². The minimum absolute atomic E-state index is 0.0974. The number of nitrogens with zero attached hydrogens (tertiary/aromatic N) is 2. The summed E-state index contributed by atoms with van der Waals surface area (Å²) in [6.07, 6.45) is 0.0974. The summed E-state index contributed by atoms with van der Waals surface area (Å²) in [6.45, 7) is 3.06. The molecule has 0 spiro atoms. The number of hydrogen-bond donors (Lipinski definition) is 0. The lowest BCUT2D eigenvalue weighted by molar-refractivity contribution is 0.103. The van der Waals surface area contributed by atoms with Gasteiger partial charge in [-0.1, -0.05) is 48.5 Å². The van der Waals surface area contributed by atoms with E-state index in [1.807, 2.05) is 48.0 Å². The number of epoxide rings is 1. The highest BCUT2D eigenvalue weighted by atomic mass is 16.6. The predicted molar refractivity (Wildman–Crippen MR) is 94.4 cm³/mol. The van der Waals surface area contributed by atoms with Gasteiger partial charge < -0.3 is 4.74 Å². The second kappa shape index (κ2) is 6.18. The van der Waals surface area contributed by atoms with Gasteiger partial charge in [-0.3, -0.25) is 14.3 Å². The molecular weight excluding hydrogens is 316 g/mol. The first-order chi connectivity index (χ1) is 12.2. The van der Waals surface area contributed by atoms with Crippen LogP contribution in [0.1, 0.15) is 21.6 Å². The lowest BCUT2D eigenvalue weighted by Gasteiger charge is -2.12. The molecule has 1 saturated heterocycles. The molecule has 0 saturated carbocycles. The number of rotatable bonds is 5. The van der Waals surface area contributed by atoms with Gasteiger partial charge >= 0.3 is 0 Å². The van der Waals surface area contributed by atoms with Gasteiger partial charge in [0, 0.05) is 11.3 Å². The molecule has 2 aromatic carbocycles. The number of ether oxygens (including phenoxy) is 1. The molecule has 1 aromatic heterocycles. The molecule has 126 valence electrons. The zero-order chi connectivity index (χ0) is 17.4. The lowest BCUT2D eigenvalue weighted by Crippen LogP contribution is -2.25. The molecule has 0 amide bonds. The number of para-hydroxylation sites is 1. The van der Waals surface area contributed by atoms with Crippen molar-refractivity contribution in [2.24, 2.45) is 0 Å². The maximum atomic E-state index is 13.1. The number of carbonyl (C=O) groups excluding carboxylic acids is 1. The quantitative estimate of drug-likeness (QED) is 0.532. The highest BCUT2D eigenvalue weighted by Crippen LogP contribution is 2.19. The van der Waals surface area contributed by atoms with Crippen LogP contribution in [0.2, 0.25) is 0 Å². The van der Waals surface area contributed by atoms with Crippen molar-refractivity contribution in [3.8, 4) is 5.69 Å². The van der Waals surface area contributed by atoms with E-state index in [4.69, 9.17) is 4.74 Å². The van der Waals surface area contributed by atoms with Crippen molar-refractivity contribution in [1.29, 1.82) is 0 Å². The Morgan fingerprint density at radius 1 is 1.08 bits per heavy atom. The fourth-order valence-electron chi connectivity index (χ4n) is 3.06. The van der Waals surface area contributed by atoms with Crippen LogP contribution in [0.4, 0.5) is 0 Å². The Labute approximate surface area is 145 Å². The molecule has 2 heterocycles. The molecule has 1 unspecified atom stereocenters. The first kappa shape index (κ1) is 15.6. The Balaban J connectivity index is 1.89. The largest absolute Gasteiger partial charge is 0.371 e. The lowest BCUT2D eigenvalue weighted by atomic mass is 10.0. The van der Waals surface area contributed by atoms with Crippen LogP contribution >= 0.6 is 0 Å². The Morgan fingerprint density at radius 2 is 1.68 bits per heavy atom. The van der Waals surface area contributed by atoms with Gasteiger partial charge in [-0.2, -0.15) is 0 Å². The highest BCUT2D eigenvalue weighted by Gasteiger charge is 2.29. The number of ketones is 1. The predicted octanol–water partition coefficient (Wildman–Crippen LogP) is 2.58. The van der Waals surface area contributed by atoms with E-state index in [9.17, 15) is 9.59 Å². The van der Waals surface area contributed by atoms with Gasteiger partial charge in [0.1, 0.15) is 11.7 Å². The summed E-state index contributed by atoms with van der Waals surface area (Å²) in [5, 5.41) is 0. The summed E-state index contributed by atoms with van der Waals surface area (Å²) < 4.78 is 8.76. The zero-order valence-corrected chi connectivity index (χ0v) is 13.9. The Kier molecular flexibility index (Phi) is 3.86. The summed E-state index contributed by atoms with van der Waals surface area (Å²) >= 11 is 0. The molecule has 0 aliphatic carbocycles. The Morgan fingerprint density at radius 3 is 2.28 bits per heavy atom. The minimum atomic E-state index is -0.293. The number of carbonyl (C=O) groups is 1. The summed E-state index contributed by atoms with van der Waals surface area (Å²) in [7, 11) is 0. The third kappa shape index (κ3) is 2.83. The average molecular weight is 334 g/mol. The molecule has 25 heavy (non-hydrogen) atoms. The minimum Gasteiger partial charge on any atom is -0.371 e. The van der Waals surface area contributed by atoms with Crippen LogP contribution < -0.4 is 5.56 Å². The molecule has 1 fully saturated rings. The average Bonchev–Trinajstić information content (AvgIpc) is 3.43. The van der Waals surface area contributed by atoms with Crippen LogP contribution in [0.15, 0.2) is 65.5 Å². The molecule has 5 heteroatoms. The summed E-state index contributed by atoms with van der Waals surface area (Å²) in [5.41, 5.74) is 1.85. The van der Waals surface area contributed by atoms with E-state index < -0.39 is 0 Å². The first-order valence-electron chi connectivity index (χ1n) is 8.26. The van der Waals surface area contributed by atoms with Crippen LogP contribution in [0, 0.1) is 6.92 Å². The molecular formula is C20H18N2O3. The molecule has 0 N–H and O–H groups in total. The van der Waals surface area contributed by atoms with E-state index in [1.165, 1.54) is 0 Å². The van der Waals surface area contributed by atoms with E-state index in [-0.39, 0.29) is 23.0 Å². The number of aromatic nitrogens is 2. The van der Waals surface area contributed by atoms with Crippen molar-refractivity contribution in [1.82, 2.24) is 9.36 Å². The standard InChI is InChI=1S/C20H18N2O3/c1-14-18(19(23)15-8-4-2-5-9-15)20(24)22(16-10-6-3-7-11-16)21(14)12-17-13-25-17/h2-11,17H,12-13H2,1H3. The van der Waals surface area contributed by atoms with Crippen molar-refractivity contribution in [2.45, 2.75) is 19.6 Å². The zero-order valence-electron chi connectivity index (χ0n) is 13.9. The van der Waals surface area contributed by atoms with Gasteiger partial charge in [0.15, 0.2) is 5.78 Å². The molecule has 1 atom stereocenters. The first-order valence-corrected chi connectivity index (χ1v) is 8.26. The van der Waals surface area contributed by atoms with Crippen molar-refractivity contribution >= 4 is 5.78 Å². The summed E-state index contributed by atoms with van der Waals surface area (Å²) in [5.74, 6) is -0.247. The van der Waals surface area contributed by atoms with E-state index in [0.717, 1.165) is 5.69 Å². The second-order valence-corrected chi connectivity index (χ2v) is 6.15. The van der Waals surface area contributed by atoms with Crippen LogP contribution in [-0.4, -0.2) is 27.9 Å². The van der Waals surface area contributed by atoms with Gasteiger partial charge in [0.25, 0.3) is 5.56 Å². The maximum absolute atomic E-state index is 13.1. The molecule has 3 aromatic rings. The van der Waals surface area contributed by atoms with E-state index in [1.54, 1.807) is 28.9 Å².